The Morgan fingerprint density at radius 2 is 1.73 bits per heavy atom. The first-order valence-corrected chi connectivity index (χ1v) is 29.9. The number of rotatable bonds is 17. The minimum atomic E-state index is -2.59. The minimum Gasteiger partial charge on any atom is -0.437 e. The van der Waals surface area contributed by atoms with Crippen LogP contribution in [-0.2, 0) is 26.2 Å². The van der Waals surface area contributed by atoms with Crippen LogP contribution in [0.2, 0.25) is 69.6 Å². The summed E-state index contributed by atoms with van der Waals surface area (Å²) >= 11 is 0. The molecule has 8 unspecified atom stereocenters. The lowest BCUT2D eigenvalue weighted by molar-refractivity contribution is -0.150. The van der Waals surface area contributed by atoms with Crippen molar-refractivity contribution in [3.05, 3.63) is 12.2 Å². The third-order valence-corrected chi connectivity index (χ3v) is 32.2. The first-order chi connectivity index (χ1) is 18.6. The normalized spacial score (nSPS) is 32.9. The van der Waals surface area contributed by atoms with Gasteiger partial charge in [-0.3, -0.25) is 0 Å². The minimum absolute atomic E-state index is 0.231. The summed E-state index contributed by atoms with van der Waals surface area (Å²) in [4.78, 5) is 0. The van der Waals surface area contributed by atoms with Crippen molar-refractivity contribution in [1.29, 1.82) is 0 Å². The molecular weight excluding hydrogens is 585 g/mol. The summed E-state index contributed by atoms with van der Waals surface area (Å²) in [7, 11) is -8.33. The van der Waals surface area contributed by atoms with Crippen LogP contribution in [0.4, 0.5) is 0 Å². The van der Waals surface area contributed by atoms with Gasteiger partial charge in [0.2, 0.25) is 0 Å². The Kier molecular flexibility index (Phi) is 10.8. The Hall–Kier alpha value is 0.584. The molecule has 1 heterocycles. The summed E-state index contributed by atoms with van der Waals surface area (Å²) in [6.07, 6.45) is 11.0. The maximum absolute atomic E-state index is 7.57. The Balaban J connectivity index is 1.51. The summed E-state index contributed by atoms with van der Waals surface area (Å²) < 4.78 is 39.6. The number of hydrogen-bond donors (Lipinski definition) is 0. The molecule has 6 nitrogen and oxygen atoms in total. The number of allylic oxidation sites excluding steroid dienone is 2. The molecule has 232 valence electrons. The van der Waals surface area contributed by atoms with Gasteiger partial charge in [-0.1, -0.05) is 38.7 Å². The molecule has 8 atom stereocenters. The van der Waals surface area contributed by atoms with Crippen LogP contribution in [0.3, 0.4) is 0 Å². The van der Waals surface area contributed by atoms with Gasteiger partial charge in [0.25, 0.3) is 0 Å². The Morgan fingerprint density at radius 1 is 1.00 bits per heavy atom. The predicted octanol–water partition coefficient (Wildman–Crippen LogP) is 7.20. The molecule has 0 aromatic heterocycles. The van der Waals surface area contributed by atoms with Gasteiger partial charge in [0.05, 0.1) is 19.8 Å². The van der Waals surface area contributed by atoms with E-state index in [0.717, 1.165) is 63.1 Å². The van der Waals surface area contributed by atoms with E-state index in [9.17, 15) is 0 Å². The second-order valence-corrected chi connectivity index (χ2v) is 35.5. The van der Waals surface area contributed by atoms with E-state index in [0.29, 0.717) is 11.5 Å². The molecule has 0 spiro atoms. The molecule has 3 fully saturated rings. The lowest BCUT2D eigenvalue weighted by Crippen LogP contribution is -2.61. The summed E-state index contributed by atoms with van der Waals surface area (Å²) in [6.45, 7) is 24.7. The fraction of sp³-hybridized carbons (Fsp3) is 0.931. The summed E-state index contributed by atoms with van der Waals surface area (Å²) in [5.74, 6) is 3.12. The van der Waals surface area contributed by atoms with E-state index < -0.39 is 42.8 Å². The van der Waals surface area contributed by atoms with Gasteiger partial charge >= 0.3 is 26.4 Å². The average Bonchev–Trinajstić information content (AvgIpc) is 3.52. The number of fused-ring (bicyclic) bond motifs is 5. The lowest BCUT2D eigenvalue weighted by atomic mass is 9.81. The van der Waals surface area contributed by atoms with Crippen LogP contribution >= 0.6 is 0 Å². The van der Waals surface area contributed by atoms with Gasteiger partial charge in [0.15, 0.2) is 8.32 Å². The molecule has 3 aliphatic carbocycles. The molecule has 0 N–H and O–H groups in total. The van der Waals surface area contributed by atoms with E-state index in [1.807, 2.05) is 7.11 Å². The average molecular weight is 645 g/mol. The van der Waals surface area contributed by atoms with Crippen LogP contribution in [0.1, 0.15) is 39.0 Å². The van der Waals surface area contributed by atoms with Gasteiger partial charge < -0.3 is 26.2 Å². The first-order valence-electron chi connectivity index (χ1n) is 16.1. The fourth-order valence-corrected chi connectivity index (χ4v) is 37.0. The van der Waals surface area contributed by atoms with E-state index >= 15 is 0 Å². The standard InChI is InChI=1S/C29H60O6Si5/c1-11-29(21-32-22-29)20-31-16-13-17-39(9,34-38(7,8)23-37(4,5)6)35-40(10,33-36(3)30-2)28-19-24-18-27(28)26-15-12-14-25(24)26/h12,15,24-28,36H,11,13-14,16-23H2,1-10H3. The maximum Gasteiger partial charge on any atom is 0.320 e. The quantitative estimate of drug-likeness (QED) is 0.0949. The van der Waals surface area contributed by atoms with Crippen molar-refractivity contribution in [2.75, 3.05) is 33.5 Å². The molecule has 4 aliphatic rings. The molecule has 1 saturated heterocycles. The van der Waals surface area contributed by atoms with E-state index in [4.69, 9.17) is 26.2 Å². The maximum atomic E-state index is 7.57. The van der Waals surface area contributed by atoms with Crippen molar-refractivity contribution >= 4 is 42.8 Å². The molecule has 1 aliphatic heterocycles. The highest BCUT2D eigenvalue weighted by Gasteiger charge is 2.62. The third kappa shape index (κ3) is 7.99. The zero-order valence-corrected chi connectivity index (χ0v) is 32.5. The SMILES string of the molecule is CCC1(COCCC[Si](C)(O[Si](C)(C)C[Si](C)(C)C)O[Si](C)(O[SiH](C)OC)C2CC3CC2C2C=CCC32)COC1. The van der Waals surface area contributed by atoms with Gasteiger partial charge in [0.1, 0.15) is 0 Å². The summed E-state index contributed by atoms with van der Waals surface area (Å²) in [5.41, 5.74) is 2.02. The topological polar surface area (TPSA) is 55.4 Å². The van der Waals surface area contributed by atoms with Crippen LogP contribution in [0.25, 0.3) is 0 Å². The molecule has 4 rings (SSSR count). The van der Waals surface area contributed by atoms with Crippen LogP contribution in [0, 0.1) is 29.1 Å². The number of hydrogen-bond acceptors (Lipinski definition) is 6. The van der Waals surface area contributed by atoms with Crippen LogP contribution in [0.5, 0.6) is 0 Å². The Bertz CT molecular complexity index is 874. The predicted molar refractivity (Wildman–Crippen MR) is 177 cm³/mol. The van der Waals surface area contributed by atoms with Crippen molar-refractivity contribution in [3.63, 3.8) is 0 Å². The zero-order valence-electron chi connectivity index (χ0n) is 27.3. The first kappa shape index (κ1) is 33.5. The van der Waals surface area contributed by atoms with Crippen LogP contribution in [-0.4, -0.2) is 76.3 Å². The fourth-order valence-electron chi connectivity index (χ4n) is 8.73. The third-order valence-electron chi connectivity index (χ3n) is 10.2. The number of ether oxygens (including phenoxy) is 2. The highest BCUT2D eigenvalue weighted by atomic mass is 28.5. The Morgan fingerprint density at radius 3 is 2.33 bits per heavy atom. The molecule has 0 radical (unpaired) electrons. The highest BCUT2D eigenvalue weighted by molar-refractivity contribution is 6.96. The molecule has 2 bridgehead atoms. The van der Waals surface area contributed by atoms with Crippen LogP contribution in [0.15, 0.2) is 12.2 Å². The molecule has 0 amide bonds. The summed E-state index contributed by atoms with van der Waals surface area (Å²) in [6, 6.07) is 0.965. The smallest absolute Gasteiger partial charge is 0.320 e. The van der Waals surface area contributed by atoms with Gasteiger partial charge in [-0.15, -0.1) is 0 Å². The highest BCUT2D eigenvalue weighted by Crippen LogP contribution is 2.64. The van der Waals surface area contributed by atoms with Crippen molar-refractivity contribution < 1.29 is 26.2 Å². The van der Waals surface area contributed by atoms with E-state index in [1.54, 1.807) is 0 Å². The molecule has 11 heteroatoms. The van der Waals surface area contributed by atoms with E-state index in [-0.39, 0.29) is 5.41 Å². The molecule has 40 heavy (non-hydrogen) atoms. The van der Waals surface area contributed by atoms with Crippen molar-refractivity contribution in [3.8, 4) is 0 Å². The largest absolute Gasteiger partial charge is 0.437 e. The molecule has 0 aromatic rings. The van der Waals surface area contributed by atoms with Gasteiger partial charge in [0, 0.05) is 32.7 Å². The molecule has 2 saturated carbocycles. The second kappa shape index (κ2) is 12.9. The van der Waals surface area contributed by atoms with Crippen molar-refractivity contribution in [2.45, 2.75) is 109 Å². The van der Waals surface area contributed by atoms with Crippen molar-refractivity contribution in [1.82, 2.24) is 0 Å². The van der Waals surface area contributed by atoms with Gasteiger partial charge in [-0.2, -0.15) is 0 Å². The van der Waals surface area contributed by atoms with Crippen LogP contribution < -0.4 is 0 Å². The summed E-state index contributed by atoms with van der Waals surface area (Å²) in [5, 5.41) is 0. The zero-order chi connectivity index (χ0) is 29.4. The Labute approximate surface area is 251 Å². The lowest BCUT2D eigenvalue weighted by Gasteiger charge is -2.47. The molecular formula is C29H60O6Si5. The van der Waals surface area contributed by atoms with Gasteiger partial charge in [-0.25, -0.2) is 0 Å². The van der Waals surface area contributed by atoms with Crippen molar-refractivity contribution in [2.24, 2.45) is 29.1 Å². The second-order valence-electron chi connectivity index (χ2n) is 15.7. The monoisotopic (exact) mass is 644 g/mol. The van der Waals surface area contributed by atoms with E-state index in [2.05, 4.69) is 71.5 Å². The molecule has 0 aromatic carbocycles. The van der Waals surface area contributed by atoms with E-state index in [1.165, 1.54) is 24.9 Å². The van der Waals surface area contributed by atoms with Gasteiger partial charge in [-0.05, 0) is 100 Å².